The number of piperidine rings is 1. The lowest BCUT2D eigenvalue weighted by atomic mass is 10.0. The van der Waals surface area contributed by atoms with Crippen molar-refractivity contribution < 1.29 is 14.3 Å². The lowest BCUT2D eigenvalue weighted by Crippen LogP contribution is -2.41. The predicted octanol–water partition coefficient (Wildman–Crippen LogP) is 3.34. The van der Waals surface area contributed by atoms with Gasteiger partial charge in [-0.25, -0.2) is 9.78 Å². The van der Waals surface area contributed by atoms with E-state index in [2.05, 4.69) is 5.32 Å². The number of nitrogens with one attached hydrogen (secondary N) is 1. The Kier molecular flexibility index (Phi) is 7.34. The Morgan fingerprint density at radius 1 is 1.16 bits per heavy atom. The predicted molar refractivity (Wildman–Crippen MR) is 124 cm³/mol. The van der Waals surface area contributed by atoms with Crippen LogP contribution in [0.3, 0.4) is 0 Å². The van der Waals surface area contributed by atoms with E-state index in [9.17, 15) is 14.4 Å². The number of hydrogen-bond donors (Lipinski definition) is 1. The number of para-hydroxylation sites is 1. The molecule has 1 N–H and O–H groups in total. The van der Waals surface area contributed by atoms with E-state index in [4.69, 9.17) is 9.72 Å². The smallest absolute Gasteiger partial charge is 0.409 e. The van der Waals surface area contributed by atoms with Gasteiger partial charge < -0.3 is 15.0 Å². The highest BCUT2D eigenvalue weighted by atomic mass is 32.2. The molecule has 2 aromatic rings. The molecule has 0 unspecified atom stereocenters. The summed E-state index contributed by atoms with van der Waals surface area (Å²) in [5, 5.41) is 4.23. The number of benzene rings is 1. The van der Waals surface area contributed by atoms with Gasteiger partial charge in [0.05, 0.1) is 23.3 Å². The molecule has 1 aromatic heterocycles. The lowest BCUT2D eigenvalue weighted by Gasteiger charge is -2.33. The molecule has 172 valence electrons. The highest BCUT2D eigenvalue weighted by Crippen LogP contribution is 2.28. The molecule has 1 aliphatic heterocycles. The summed E-state index contributed by atoms with van der Waals surface area (Å²) < 4.78 is 6.84. The molecule has 9 heteroatoms. The second-order valence-electron chi connectivity index (χ2n) is 8.34. The average Bonchev–Trinajstić information content (AvgIpc) is 3.31. The van der Waals surface area contributed by atoms with Gasteiger partial charge in [0.1, 0.15) is 0 Å². The molecule has 0 bridgehead atoms. The summed E-state index contributed by atoms with van der Waals surface area (Å²) in [6.07, 6.45) is 5.36. The fraction of sp³-hybridized carbons (Fsp3) is 0.565. The molecule has 2 aliphatic rings. The maximum atomic E-state index is 13.4. The van der Waals surface area contributed by atoms with E-state index in [-0.39, 0.29) is 35.4 Å². The van der Waals surface area contributed by atoms with Crippen LogP contribution in [-0.2, 0) is 9.53 Å². The van der Waals surface area contributed by atoms with Gasteiger partial charge in [-0.3, -0.25) is 14.2 Å². The molecule has 2 fully saturated rings. The van der Waals surface area contributed by atoms with Crippen molar-refractivity contribution in [3.8, 4) is 0 Å². The Hall–Kier alpha value is -2.55. The number of carbonyl (C=O) groups excluding carboxylic acids is 2. The zero-order valence-corrected chi connectivity index (χ0v) is 19.2. The Bertz CT molecular complexity index is 1030. The molecule has 2 heterocycles. The van der Waals surface area contributed by atoms with Crippen molar-refractivity contribution in [3.05, 3.63) is 34.6 Å². The Balaban J connectivity index is 1.53. The number of thioether (sulfide) groups is 1. The minimum atomic E-state index is -0.312. The first kappa shape index (κ1) is 22.6. The highest BCUT2D eigenvalue weighted by molar-refractivity contribution is 7.99. The molecule has 1 saturated heterocycles. The standard InChI is InChI=1S/C23H30N4O4S/c1-2-31-23(30)26-13-11-17(12-14-26)27-21(29)18-9-5-6-10-19(18)25-22(27)32-15-20(28)24-16-7-3-4-8-16/h5-6,9-10,16-17H,2-4,7-8,11-15H2,1H3,(H,24,28). The zero-order valence-electron chi connectivity index (χ0n) is 18.4. The highest BCUT2D eigenvalue weighted by Gasteiger charge is 2.28. The maximum Gasteiger partial charge on any atom is 0.409 e. The second kappa shape index (κ2) is 10.4. The summed E-state index contributed by atoms with van der Waals surface area (Å²) in [6.45, 7) is 3.18. The fourth-order valence-electron chi connectivity index (χ4n) is 4.54. The van der Waals surface area contributed by atoms with Gasteiger partial charge in [0.15, 0.2) is 5.16 Å². The van der Waals surface area contributed by atoms with Crippen molar-refractivity contribution in [3.63, 3.8) is 0 Å². The number of carbonyl (C=O) groups is 2. The van der Waals surface area contributed by atoms with E-state index in [1.807, 2.05) is 18.2 Å². The van der Waals surface area contributed by atoms with Crippen LogP contribution in [0, 0.1) is 0 Å². The average molecular weight is 459 g/mol. The lowest BCUT2D eigenvalue weighted by molar-refractivity contribution is -0.119. The summed E-state index contributed by atoms with van der Waals surface area (Å²) >= 11 is 1.31. The van der Waals surface area contributed by atoms with Crippen LogP contribution in [0.5, 0.6) is 0 Å². The van der Waals surface area contributed by atoms with E-state index in [0.717, 1.165) is 25.7 Å². The summed E-state index contributed by atoms with van der Waals surface area (Å²) in [7, 11) is 0. The number of rotatable bonds is 6. The normalized spacial score (nSPS) is 17.6. The van der Waals surface area contributed by atoms with E-state index in [0.29, 0.717) is 48.6 Å². The largest absolute Gasteiger partial charge is 0.450 e. The third kappa shape index (κ3) is 5.09. The summed E-state index contributed by atoms with van der Waals surface area (Å²) in [5.41, 5.74) is 0.542. The van der Waals surface area contributed by atoms with Crippen LogP contribution in [0.1, 0.15) is 51.5 Å². The molecule has 1 aromatic carbocycles. The number of nitrogens with zero attached hydrogens (tertiary/aromatic N) is 3. The molecule has 32 heavy (non-hydrogen) atoms. The Morgan fingerprint density at radius 2 is 1.88 bits per heavy atom. The van der Waals surface area contributed by atoms with Gasteiger partial charge in [0.25, 0.3) is 5.56 Å². The molecule has 2 amide bonds. The molecular weight excluding hydrogens is 428 g/mol. The van der Waals surface area contributed by atoms with Crippen molar-refractivity contribution in [1.82, 2.24) is 19.8 Å². The molecule has 0 radical (unpaired) electrons. The van der Waals surface area contributed by atoms with Crippen LogP contribution in [0.2, 0.25) is 0 Å². The Morgan fingerprint density at radius 3 is 2.59 bits per heavy atom. The fourth-order valence-corrected chi connectivity index (χ4v) is 5.42. The zero-order chi connectivity index (χ0) is 22.5. The van der Waals surface area contributed by atoms with Crippen LogP contribution in [-0.4, -0.2) is 57.9 Å². The van der Waals surface area contributed by atoms with Gasteiger partial charge in [-0.1, -0.05) is 36.7 Å². The second-order valence-corrected chi connectivity index (χ2v) is 9.28. The van der Waals surface area contributed by atoms with Crippen LogP contribution >= 0.6 is 11.8 Å². The maximum absolute atomic E-state index is 13.4. The van der Waals surface area contributed by atoms with Crippen molar-refractivity contribution >= 4 is 34.7 Å². The van der Waals surface area contributed by atoms with Crippen molar-refractivity contribution in [1.29, 1.82) is 0 Å². The molecule has 0 spiro atoms. The monoisotopic (exact) mass is 458 g/mol. The number of likely N-dealkylation sites (tertiary alicyclic amines) is 1. The summed E-state index contributed by atoms with van der Waals surface area (Å²) in [6, 6.07) is 7.50. The molecule has 8 nitrogen and oxygen atoms in total. The van der Waals surface area contributed by atoms with Crippen LogP contribution in [0.4, 0.5) is 4.79 Å². The molecule has 0 atom stereocenters. The number of aromatic nitrogens is 2. The van der Waals surface area contributed by atoms with Gasteiger partial charge in [-0.05, 0) is 44.7 Å². The van der Waals surface area contributed by atoms with E-state index < -0.39 is 0 Å². The summed E-state index contributed by atoms with van der Waals surface area (Å²) in [5.74, 6) is 0.205. The first-order valence-electron chi connectivity index (χ1n) is 11.4. The van der Waals surface area contributed by atoms with Crippen molar-refractivity contribution in [2.45, 2.75) is 62.7 Å². The van der Waals surface area contributed by atoms with Crippen molar-refractivity contribution in [2.75, 3.05) is 25.4 Å². The molecule has 1 saturated carbocycles. The minimum absolute atomic E-state index is 0.0204. The molecule has 4 rings (SSSR count). The van der Waals surface area contributed by atoms with E-state index in [1.165, 1.54) is 11.8 Å². The number of ether oxygens (including phenoxy) is 1. The van der Waals surface area contributed by atoms with E-state index >= 15 is 0 Å². The van der Waals surface area contributed by atoms with Gasteiger partial charge in [-0.15, -0.1) is 0 Å². The topological polar surface area (TPSA) is 93.5 Å². The van der Waals surface area contributed by atoms with E-state index in [1.54, 1.807) is 22.5 Å². The first-order chi connectivity index (χ1) is 15.6. The van der Waals surface area contributed by atoms with Crippen LogP contribution in [0.15, 0.2) is 34.2 Å². The van der Waals surface area contributed by atoms with Gasteiger partial charge in [0.2, 0.25) is 5.91 Å². The van der Waals surface area contributed by atoms with Gasteiger partial charge in [-0.2, -0.15) is 0 Å². The Labute approximate surface area is 191 Å². The third-order valence-electron chi connectivity index (χ3n) is 6.18. The first-order valence-corrected chi connectivity index (χ1v) is 12.4. The van der Waals surface area contributed by atoms with Crippen molar-refractivity contribution in [2.24, 2.45) is 0 Å². The minimum Gasteiger partial charge on any atom is -0.450 e. The SMILES string of the molecule is CCOC(=O)N1CCC(n2c(SCC(=O)NC3CCCC3)nc3ccccc3c2=O)CC1. The van der Waals surface area contributed by atoms with Gasteiger partial charge in [0, 0.05) is 25.2 Å². The van der Waals surface area contributed by atoms with Crippen LogP contribution < -0.4 is 10.9 Å². The molecular formula is C23H30N4O4S. The molecule has 1 aliphatic carbocycles. The quantitative estimate of drug-likeness (QED) is 0.527. The van der Waals surface area contributed by atoms with Gasteiger partial charge >= 0.3 is 6.09 Å². The number of hydrogen-bond acceptors (Lipinski definition) is 6. The number of amides is 2. The van der Waals surface area contributed by atoms with Crippen LogP contribution in [0.25, 0.3) is 10.9 Å². The number of fused-ring (bicyclic) bond motifs is 1. The third-order valence-corrected chi connectivity index (χ3v) is 7.14. The summed E-state index contributed by atoms with van der Waals surface area (Å²) in [4.78, 5) is 44.3.